The third-order valence-electron chi connectivity index (χ3n) is 4.17. The summed E-state index contributed by atoms with van der Waals surface area (Å²) in [6.07, 6.45) is 5.19. The Bertz CT molecular complexity index is 849. The molecule has 1 aromatic carbocycles. The van der Waals surface area contributed by atoms with Crippen molar-refractivity contribution in [1.29, 1.82) is 5.26 Å². The summed E-state index contributed by atoms with van der Waals surface area (Å²) in [5.74, 6) is 1.61. The molecule has 0 N–H and O–H groups in total. The second kappa shape index (κ2) is 5.69. The highest BCUT2D eigenvalue weighted by atomic mass is 16.3. The predicted octanol–water partition coefficient (Wildman–Crippen LogP) is 2.87. The number of benzene rings is 1. The van der Waals surface area contributed by atoms with E-state index in [4.69, 9.17) is 4.42 Å². The van der Waals surface area contributed by atoms with Gasteiger partial charge in [-0.05, 0) is 25.0 Å². The minimum Gasteiger partial charge on any atom is -0.440 e. The summed E-state index contributed by atoms with van der Waals surface area (Å²) in [7, 11) is 0. The molecule has 0 amide bonds. The van der Waals surface area contributed by atoms with Crippen LogP contribution in [0.15, 0.2) is 41.1 Å². The lowest BCUT2D eigenvalue weighted by Gasteiger charge is -2.32. The van der Waals surface area contributed by atoms with Gasteiger partial charge >= 0.3 is 0 Å². The molecule has 0 radical (unpaired) electrons. The van der Waals surface area contributed by atoms with E-state index >= 15 is 0 Å². The Morgan fingerprint density at radius 3 is 2.96 bits per heavy atom. The van der Waals surface area contributed by atoms with Crippen molar-refractivity contribution >= 4 is 16.9 Å². The maximum Gasteiger partial charge on any atom is 0.200 e. The molecule has 114 valence electrons. The van der Waals surface area contributed by atoms with Gasteiger partial charge in [-0.1, -0.05) is 12.1 Å². The average Bonchev–Trinajstić information content (AvgIpc) is 3.06. The van der Waals surface area contributed by atoms with Crippen LogP contribution in [0.3, 0.4) is 0 Å². The highest BCUT2D eigenvalue weighted by molar-refractivity contribution is 5.72. The SMILES string of the molecule is N#Cc1nccnc1N1CCCC(c2nc3ccccc3o2)C1. The Kier molecular flexibility index (Phi) is 3.39. The van der Waals surface area contributed by atoms with Crippen LogP contribution >= 0.6 is 0 Å². The van der Waals surface area contributed by atoms with Crippen LogP contribution in [-0.4, -0.2) is 28.0 Å². The topological polar surface area (TPSA) is 78.8 Å². The monoisotopic (exact) mass is 305 g/mol. The number of oxazole rings is 1. The van der Waals surface area contributed by atoms with Crippen LogP contribution in [0, 0.1) is 11.3 Å². The van der Waals surface area contributed by atoms with Crippen LogP contribution in [0.1, 0.15) is 30.3 Å². The third-order valence-corrected chi connectivity index (χ3v) is 4.17. The lowest BCUT2D eigenvalue weighted by molar-refractivity contribution is 0.412. The smallest absolute Gasteiger partial charge is 0.200 e. The van der Waals surface area contributed by atoms with Crippen molar-refractivity contribution in [3.63, 3.8) is 0 Å². The van der Waals surface area contributed by atoms with Gasteiger partial charge in [0.2, 0.25) is 0 Å². The first-order valence-corrected chi connectivity index (χ1v) is 7.66. The van der Waals surface area contributed by atoms with Crippen molar-refractivity contribution in [1.82, 2.24) is 15.0 Å². The van der Waals surface area contributed by atoms with E-state index in [-0.39, 0.29) is 5.92 Å². The average molecular weight is 305 g/mol. The summed E-state index contributed by atoms with van der Waals surface area (Å²) in [5.41, 5.74) is 2.07. The Labute approximate surface area is 133 Å². The van der Waals surface area contributed by atoms with Gasteiger partial charge in [0.1, 0.15) is 11.6 Å². The summed E-state index contributed by atoms with van der Waals surface area (Å²) in [5, 5.41) is 9.22. The van der Waals surface area contributed by atoms with E-state index in [1.54, 1.807) is 12.4 Å². The molecule has 1 aliphatic rings. The van der Waals surface area contributed by atoms with Crippen LogP contribution in [0.5, 0.6) is 0 Å². The van der Waals surface area contributed by atoms with E-state index < -0.39 is 0 Å². The number of nitriles is 1. The summed E-state index contributed by atoms with van der Waals surface area (Å²) in [6, 6.07) is 9.91. The maximum absolute atomic E-state index is 9.22. The van der Waals surface area contributed by atoms with E-state index in [0.717, 1.165) is 42.9 Å². The molecule has 1 saturated heterocycles. The fourth-order valence-electron chi connectivity index (χ4n) is 3.08. The van der Waals surface area contributed by atoms with Gasteiger partial charge in [0.15, 0.2) is 23.0 Å². The van der Waals surface area contributed by atoms with Crippen LogP contribution in [0.4, 0.5) is 5.82 Å². The molecule has 0 bridgehead atoms. The minimum absolute atomic E-state index is 0.199. The van der Waals surface area contributed by atoms with Crippen molar-refractivity contribution in [3.05, 3.63) is 48.2 Å². The zero-order valence-corrected chi connectivity index (χ0v) is 12.5. The van der Waals surface area contributed by atoms with E-state index in [2.05, 4.69) is 25.9 Å². The molecule has 3 heterocycles. The largest absolute Gasteiger partial charge is 0.440 e. The van der Waals surface area contributed by atoms with Gasteiger partial charge in [0.05, 0.1) is 5.92 Å². The number of para-hydroxylation sites is 2. The highest BCUT2D eigenvalue weighted by Crippen LogP contribution is 2.31. The number of piperidine rings is 1. The number of aromatic nitrogens is 3. The summed E-state index contributed by atoms with van der Waals surface area (Å²) >= 11 is 0. The first-order valence-electron chi connectivity index (χ1n) is 7.66. The molecule has 0 spiro atoms. The van der Waals surface area contributed by atoms with Crippen LogP contribution < -0.4 is 4.90 Å². The van der Waals surface area contributed by atoms with Crippen molar-refractivity contribution in [2.75, 3.05) is 18.0 Å². The lowest BCUT2D eigenvalue weighted by Crippen LogP contribution is -2.35. The van der Waals surface area contributed by atoms with Gasteiger partial charge < -0.3 is 9.32 Å². The molecule has 2 aromatic heterocycles. The molecule has 1 unspecified atom stereocenters. The van der Waals surface area contributed by atoms with Crippen molar-refractivity contribution in [2.45, 2.75) is 18.8 Å². The lowest BCUT2D eigenvalue weighted by atomic mass is 9.98. The number of hydrogen-bond donors (Lipinski definition) is 0. The van der Waals surface area contributed by atoms with Crippen LogP contribution in [0.25, 0.3) is 11.1 Å². The first kappa shape index (κ1) is 13.7. The number of hydrogen-bond acceptors (Lipinski definition) is 6. The zero-order valence-electron chi connectivity index (χ0n) is 12.5. The summed E-state index contributed by atoms with van der Waals surface area (Å²) in [4.78, 5) is 15.2. The van der Waals surface area contributed by atoms with Crippen molar-refractivity contribution in [3.8, 4) is 6.07 Å². The first-order chi connectivity index (χ1) is 11.3. The quantitative estimate of drug-likeness (QED) is 0.724. The molecular formula is C17H15N5O. The molecule has 1 aliphatic heterocycles. The summed E-state index contributed by atoms with van der Waals surface area (Å²) in [6.45, 7) is 1.60. The molecular weight excluding hydrogens is 290 g/mol. The standard InChI is InChI=1S/C17H15N5O/c18-10-14-16(20-8-7-19-14)22-9-3-4-12(11-22)17-21-13-5-1-2-6-15(13)23-17/h1-2,5-8,12H,3-4,9,11H2. The number of fused-ring (bicyclic) bond motifs is 1. The fraction of sp³-hybridized carbons (Fsp3) is 0.294. The van der Waals surface area contributed by atoms with E-state index in [1.165, 1.54) is 0 Å². The zero-order chi connectivity index (χ0) is 15.6. The molecule has 1 atom stereocenters. The molecule has 1 fully saturated rings. The molecule has 6 heteroatoms. The Hall–Kier alpha value is -2.94. The second-order valence-electron chi connectivity index (χ2n) is 5.65. The minimum atomic E-state index is 0.199. The predicted molar refractivity (Wildman–Crippen MR) is 84.9 cm³/mol. The Morgan fingerprint density at radius 1 is 1.22 bits per heavy atom. The van der Waals surface area contributed by atoms with Gasteiger partial charge in [0.25, 0.3) is 0 Å². The fourth-order valence-corrected chi connectivity index (χ4v) is 3.08. The van der Waals surface area contributed by atoms with E-state index in [1.807, 2.05) is 24.3 Å². The molecule has 23 heavy (non-hydrogen) atoms. The molecule has 4 rings (SSSR count). The molecule has 6 nitrogen and oxygen atoms in total. The second-order valence-corrected chi connectivity index (χ2v) is 5.65. The molecule has 3 aromatic rings. The number of anilines is 1. The van der Waals surface area contributed by atoms with Crippen LogP contribution in [-0.2, 0) is 0 Å². The van der Waals surface area contributed by atoms with Crippen molar-refractivity contribution < 1.29 is 4.42 Å². The van der Waals surface area contributed by atoms with Gasteiger partial charge in [0, 0.05) is 25.5 Å². The maximum atomic E-state index is 9.22. The molecule has 0 saturated carbocycles. The van der Waals surface area contributed by atoms with Gasteiger partial charge in [-0.2, -0.15) is 5.26 Å². The molecule has 0 aliphatic carbocycles. The number of nitrogens with zero attached hydrogens (tertiary/aromatic N) is 5. The summed E-state index contributed by atoms with van der Waals surface area (Å²) < 4.78 is 5.91. The van der Waals surface area contributed by atoms with Crippen molar-refractivity contribution in [2.24, 2.45) is 0 Å². The Morgan fingerprint density at radius 2 is 2.09 bits per heavy atom. The normalized spacial score (nSPS) is 18.0. The number of rotatable bonds is 2. The Balaban J connectivity index is 1.63. The van der Waals surface area contributed by atoms with E-state index in [9.17, 15) is 5.26 Å². The van der Waals surface area contributed by atoms with Crippen LogP contribution in [0.2, 0.25) is 0 Å². The third kappa shape index (κ3) is 2.50. The highest BCUT2D eigenvalue weighted by Gasteiger charge is 2.27. The van der Waals surface area contributed by atoms with Gasteiger partial charge in [-0.3, -0.25) is 0 Å². The van der Waals surface area contributed by atoms with Gasteiger partial charge in [-0.15, -0.1) is 0 Å². The van der Waals surface area contributed by atoms with E-state index in [0.29, 0.717) is 11.5 Å². The van der Waals surface area contributed by atoms with Gasteiger partial charge in [-0.25, -0.2) is 15.0 Å².